The van der Waals surface area contributed by atoms with Gasteiger partial charge in [0.1, 0.15) is 17.7 Å². The van der Waals surface area contributed by atoms with Crippen molar-refractivity contribution in [2.24, 2.45) is 0 Å². The van der Waals surface area contributed by atoms with Gasteiger partial charge in [-0.25, -0.2) is 14.8 Å². The number of aromatic nitrogens is 2. The third kappa shape index (κ3) is 4.81. The molecule has 1 aliphatic rings. The normalized spacial score (nSPS) is 17.1. The Morgan fingerprint density at radius 1 is 1.26 bits per heavy atom. The Bertz CT molecular complexity index is 534. The van der Waals surface area contributed by atoms with E-state index in [0.717, 1.165) is 31.0 Å². The lowest BCUT2D eigenvalue weighted by atomic mass is 10.1. The molecule has 1 amide bonds. The standard InChI is InChI=1S/C17H28N4O2/c1-6-13(2)14-11-15(19-12-18-14)20-7-9-21(10-8-20)16(22)23-17(3,4)5/h11-13H,6-10H2,1-5H3. The molecule has 1 atom stereocenters. The summed E-state index contributed by atoms with van der Waals surface area (Å²) in [6.07, 6.45) is 2.46. The monoisotopic (exact) mass is 320 g/mol. The van der Waals surface area contributed by atoms with Crippen molar-refractivity contribution >= 4 is 11.9 Å². The van der Waals surface area contributed by atoms with Crippen LogP contribution in [0.4, 0.5) is 10.6 Å². The van der Waals surface area contributed by atoms with Crippen molar-refractivity contribution in [1.82, 2.24) is 14.9 Å². The predicted molar refractivity (Wildman–Crippen MR) is 90.8 cm³/mol. The molecule has 6 nitrogen and oxygen atoms in total. The summed E-state index contributed by atoms with van der Waals surface area (Å²) in [5.41, 5.74) is 0.624. The first-order chi connectivity index (χ1) is 10.8. The number of piperazine rings is 1. The molecule has 1 saturated heterocycles. The highest BCUT2D eigenvalue weighted by atomic mass is 16.6. The fourth-order valence-electron chi connectivity index (χ4n) is 2.46. The van der Waals surface area contributed by atoms with Crippen LogP contribution in [0, 0.1) is 0 Å². The molecule has 0 N–H and O–H groups in total. The summed E-state index contributed by atoms with van der Waals surface area (Å²) >= 11 is 0. The third-order valence-corrected chi connectivity index (χ3v) is 4.05. The zero-order valence-electron chi connectivity index (χ0n) is 14.9. The molecular weight excluding hydrogens is 292 g/mol. The second kappa shape index (κ2) is 7.15. The number of carbonyl (C=O) groups excluding carboxylic acids is 1. The van der Waals surface area contributed by atoms with Gasteiger partial charge in [0.2, 0.25) is 0 Å². The van der Waals surface area contributed by atoms with Crippen LogP contribution in [0.25, 0.3) is 0 Å². The average molecular weight is 320 g/mol. The molecule has 0 saturated carbocycles. The number of rotatable bonds is 3. The lowest BCUT2D eigenvalue weighted by Gasteiger charge is -2.36. The van der Waals surface area contributed by atoms with Gasteiger partial charge in [-0.05, 0) is 33.1 Å². The van der Waals surface area contributed by atoms with Crippen molar-refractivity contribution in [2.75, 3.05) is 31.1 Å². The van der Waals surface area contributed by atoms with E-state index in [1.807, 2.05) is 20.8 Å². The molecule has 0 radical (unpaired) electrons. The molecular formula is C17H28N4O2. The Hall–Kier alpha value is -1.85. The van der Waals surface area contributed by atoms with Gasteiger partial charge >= 0.3 is 6.09 Å². The molecule has 0 aliphatic carbocycles. The van der Waals surface area contributed by atoms with Crippen LogP contribution >= 0.6 is 0 Å². The fourth-order valence-corrected chi connectivity index (χ4v) is 2.46. The molecule has 0 bridgehead atoms. The lowest BCUT2D eigenvalue weighted by molar-refractivity contribution is 0.0240. The minimum absolute atomic E-state index is 0.236. The van der Waals surface area contributed by atoms with Crippen LogP contribution in [0.5, 0.6) is 0 Å². The summed E-state index contributed by atoms with van der Waals surface area (Å²) in [4.78, 5) is 24.8. The molecule has 1 aliphatic heterocycles. The molecule has 128 valence electrons. The SMILES string of the molecule is CCC(C)c1cc(N2CCN(C(=O)OC(C)(C)C)CC2)ncn1. The van der Waals surface area contributed by atoms with Gasteiger partial charge in [-0.15, -0.1) is 0 Å². The van der Waals surface area contributed by atoms with Gasteiger partial charge in [-0.3, -0.25) is 0 Å². The first kappa shape index (κ1) is 17.5. The quantitative estimate of drug-likeness (QED) is 0.856. The highest BCUT2D eigenvalue weighted by Gasteiger charge is 2.26. The van der Waals surface area contributed by atoms with E-state index in [2.05, 4.69) is 34.8 Å². The molecule has 6 heteroatoms. The maximum absolute atomic E-state index is 12.1. The van der Waals surface area contributed by atoms with Crippen LogP contribution in [0.2, 0.25) is 0 Å². The number of anilines is 1. The third-order valence-electron chi connectivity index (χ3n) is 4.05. The molecule has 2 rings (SSSR count). The Kier molecular flexibility index (Phi) is 5.44. The molecule has 0 aromatic carbocycles. The van der Waals surface area contributed by atoms with Crippen molar-refractivity contribution in [3.63, 3.8) is 0 Å². The number of amides is 1. The zero-order valence-corrected chi connectivity index (χ0v) is 14.9. The van der Waals surface area contributed by atoms with E-state index >= 15 is 0 Å². The Morgan fingerprint density at radius 3 is 2.48 bits per heavy atom. The van der Waals surface area contributed by atoms with Crippen molar-refractivity contribution < 1.29 is 9.53 Å². The number of hydrogen-bond donors (Lipinski definition) is 0. The van der Waals surface area contributed by atoms with Gasteiger partial charge in [0, 0.05) is 37.9 Å². The Labute approximate surface area is 138 Å². The molecule has 0 spiro atoms. The predicted octanol–water partition coefficient (Wildman–Crippen LogP) is 3.05. The number of carbonyl (C=O) groups is 1. The smallest absolute Gasteiger partial charge is 0.410 e. The van der Waals surface area contributed by atoms with Crippen LogP contribution in [0.15, 0.2) is 12.4 Å². The van der Waals surface area contributed by atoms with E-state index in [1.54, 1.807) is 11.2 Å². The van der Waals surface area contributed by atoms with Crippen molar-refractivity contribution in [1.29, 1.82) is 0 Å². The fraction of sp³-hybridized carbons (Fsp3) is 0.706. The Morgan fingerprint density at radius 2 is 1.91 bits per heavy atom. The van der Waals surface area contributed by atoms with E-state index in [4.69, 9.17) is 4.74 Å². The molecule has 1 aromatic heterocycles. The zero-order chi connectivity index (χ0) is 17.0. The summed E-state index contributed by atoms with van der Waals surface area (Å²) in [6, 6.07) is 2.07. The van der Waals surface area contributed by atoms with E-state index in [0.29, 0.717) is 19.0 Å². The van der Waals surface area contributed by atoms with E-state index < -0.39 is 5.60 Å². The van der Waals surface area contributed by atoms with Crippen LogP contribution in [0.3, 0.4) is 0 Å². The van der Waals surface area contributed by atoms with Crippen LogP contribution < -0.4 is 4.90 Å². The maximum Gasteiger partial charge on any atom is 0.410 e. The summed E-state index contributed by atoms with van der Waals surface area (Å²) in [5, 5.41) is 0. The molecule has 1 aromatic rings. The second-order valence-electron chi connectivity index (χ2n) is 7.06. The highest BCUT2D eigenvalue weighted by molar-refractivity contribution is 5.68. The number of ether oxygens (including phenoxy) is 1. The largest absolute Gasteiger partial charge is 0.444 e. The summed E-state index contributed by atoms with van der Waals surface area (Å²) in [6.45, 7) is 12.8. The van der Waals surface area contributed by atoms with Crippen LogP contribution in [-0.4, -0.2) is 52.7 Å². The maximum atomic E-state index is 12.1. The van der Waals surface area contributed by atoms with Gasteiger partial charge in [-0.1, -0.05) is 13.8 Å². The van der Waals surface area contributed by atoms with Gasteiger partial charge in [0.15, 0.2) is 0 Å². The summed E-state index contributed by atoms with van der Waals surface area (Å²) in [7, 11) is 0. The van der Waals surface area contributed by atoms with E-state index in [9.17, 15) is 4.79 Å². The molecule has 2 heterocycles. The average Bonchev–Trinajstić information content (AvgIpc) is 2.53. The van der Waals surface area contributed by atoms with Crippen LogP contribution in [0.1, 0.15) is 52.7 Å². The van der Waals surface area contributed by atoms with Crippen molar-refractivity contribution in [3.05, 3.63) is 18.1 Å². The summed E-state index contributed by atoms with van der Waals surface area (Å²) in [5.74, 6) is 1.37. The first-order valence-corrected chi connectivity index (χ1v) is 8.35. The van der Waals surface area contributed by atoms with E-state index in [-0.39, 0.29) is 6.09 Å². The highest BCUT2D eigenvalue weighted by Crippen LogP contribution is 2.21. The minimum atomic E-state index is -0.452. The molecule has 1 unspecified atom stereocenters. The van der Waals surface area contributed by atoms with Crippen LogP contribution in [-0.2, 0) is 4.74 Å². The lowest BCUT2D eigenvalue weighted by Crippen LogP contribution is -2.50. The van der Waals surface area contributed by atoms with Gasteiger partial charge in [-0.2, -0.15) is 0 Å². The summed E-state index contributed by atoms with van der Waals surface area (Å²) < 4.78 is 5.43. The number of hydrogen-bond acceptors (Lipinski definition) is 5. The van der Waals surface area contributed by atoms with Gasteiger partial charge in [0.05, 0.1) is 0 Å². The topological polar surface area (TPSA) is 58.6 Å². The molecule has 23 heavy (non-hydrogen) atoms. The van der Waals surface area contributed by atoms with E-state index in [1.165, 1.54) is 0 Å². The first-order valence-electron chi connectivity index (χ1n) is 8.35. The Balaban J connectivity index is 1.95. The minimum Gasteiger partial charge on any atom is -0.444 e. The van der Waals surface area contributed by atoms with Crippen molar-refractivity contribution in [2.45, 2.75) is 52.6 Å². The van der Waals surface area contributed by atoms with Gasteiger partial charge < -0.3 is 14.5 Å². The second-order valence-corrected chi connectivity index (χ2v) is 7.06. The van der Waals surface area contributed by atoms with Gasteiger partial charge in [0.25, 0.3) is 0 Å². The number of nitrogens with zero attached hydrogens (tertiary/aromatic N) is 4. The van der Waals surface area contributed by atoms with Crippen molar-refractivity contribution in [3.8, 4) is 0 Å². The molecule has 1 fully saturated rings.